The number of rotatable bonds is 4. The standard InChI is InChI=1S/C14H21BrN2O/c15-13-5-2-1-4-12(13)14(16)6-8-17-7-3-10-18-11-9-17/h1-2,4-5,14H,3,6-11,16H2. The predicted molar refractivity (Wildman–Crippen MR) is 77.6 cm³/mol. The minimum absolute atomic E-state index is 0.102. The Morgan fingerprint density at radius 2 is 2.11 bits per heavy atom. The predicted octanol–water partition coefficient (Wildman–Crippen LogP) is 2.56. The first kappa shape index (κ1) is 14.0. The van der Waals surface area contributed by atoms with E-state index in [0.717, 1.165) is 50.2 Å². The van der Waals surface area contributed by atoms with E-state index in [1.54, 1.807) is 0 Å². The summed E-state index contributed by atoms with van der Waals surface area (Å²) in [6.07, 6.45) is 2.12. The summed E-state index contributed by atoms with van der Waals surface area (Å²) in [5, 5.41) is 0. The van der Waals surface area contributed by atoms with Crippen molar-refractivity contribution in [3.63, 3.8) is 0 Å². The van der Waals surface area contributed by atoms with Crippen molar-refractivity contribution in [2.75, 3.05) is 32.8 Å². The second kappa shape index (κ2) is 7.24. The summed E-state index contributed by atoms with van der Waals surface area (Å²) >= 11 is 3.56. The lowest BCUT2D eigenvalue weighted by atomic mass is 10.0. The van der Waals surface area contributed by atoms with E-state index in [9.17, 15) is 0 Å². The van der Waals surface area contributed by atoms with Crippen LogP contribution in [0.15, 0.2) is 28.7 Å². The molecule has 2 N–H and O–H groups in total. The van der Waals surface area contributed by atoms with Gasteiger partial charge in [0.15, 0.2) is 0 Å². The normalized spacial score (nSPS) is 19.4. The van der Waals surface area contributed by atoms with E-state index < -0.39 is 0 Å². The number of hydrogen-bond acceptors (Lipinski definition) is 3. The third-order valence-electron chi connectivity index (χ3n) is 3.38. The average molecular weight is 313 g/mol. The van der Waals surface area contributed by atoms with E-state index in [2.05, 4.69) is 33.0 Å². The molecule has 0 bridgehead atoms. The van der Waals surface area contributed by atoms with Crippen LogP contribution in [0.1, 0.15) is 24.4 Å². The van der Waals surface area contributed by atoms with E-state index in [1.807, 2.05) is 12.1 Å². The molecule has 0 saturated carbocycles. The van der Waals surface area contributed by atoms with Crippen LogP contribution >= 0.6 is 15.9 Å². The Bertz CT molecular complexity index is 365. The Morgan fingerprint density at radius 1 is 1.28 bits per heavy atom. The minimum atomic E-state index is 0.102. The van der Waals surface area contributed by atoms with Gasteiger partial charge in [-0.3, -0.25) is 0 Å². The SMILES string of the molecule is NC(CCN1CCCOCC1)c1ccccc1Br. The number of halogens is 1. The zero-order valence-electron chi connectivity index (χ0n) is 10.6. The van der Waals surface area contributed by atoms with Crippen LogP contribution in [-0.4, -0.2) is 37.7 Å². The topological polar surface area (TPSA) is 38.5 Å². The highest BCUT2D eigenvalue weighted by Gasteiger charge is 2.13. The highest BCUT2D eigenvalue weighted by atomic mass is 79.9. The van der Waals surface area contributed by atoms with E-state index in [0.29, 0.717) is 0 Å². The van der Waals surface area contributed by atoms with Gasteiger partial charge in [0.2, 0.25) is 0 Å². The fourth-order valence-electron chi connectivity index (χ4n) is 2.27. The highest BCUT2D eigenvalue weighted by molar-refractivity contribution is 9.10. The molecule has 1 aromatic carbocycles. The van der Waals surface area contributed by atoms with E-state index >= 15 is 0 Å². The molecule has 1 aliphatic rings. The molecule has 1 aromatic rings. The molecular formula is C14H21BrN2O. The molecule has 0 radical (unpaired) electrons. The van der Waals surface area contributed by atoms with Crippen molar-refractivity contribution < 1.29 is 4.74 Å². The molecule has 2 rings (SSSR count). The molecule has 0 aliphatic carbocycles. The largest absolute Gasteiger partial charge is 0.380 e. The van der Waals surface area contributed by atoms with Gasteiger partial charge >= 0.3 is 0 Å². The molecule has 1 heterocycles. The number of hydrogen-bond donors (Lipinski definition) is 1. The van der Waals surface area contributed by atoms with E-state index in [4.69, 9.17) is 10.5 Å². The van der Waals surface area contributed by atoms with Gasteiger partial charge < -0.3 is 15.4 Å². The molecule has 3 nitrogen and oxygen atoms in total. The van der Waals surface area contributed by atoms with Gasteiger partial charge in [-0.1, -0.05) is 34.1 Å². The van der Waals surface area contributed by atoms with Gasteiger partial charge in [-0.25, -0.2) is 0 Å². The monoisotopic (exact) mass is 312 g/mol. The van der Waals surface area contributed by atoms with Gasteiger partial charge in [0, 0.05) is 36.8 Å². The average Bonchev–Trinajstić information content (AvgIpc) is 2.65. The lowest BCUT2D eigenvalue weighted by molar-refractivity contribution is 0.141. The fraction of sp³-hybridized carbons (Fsp3) is 0.571. The van der Waals surface area contributed by atoms with E-state index in [-0.39, 0.29) is 6.04 Å². The van der Waals surface area contributed by atoms with Crippen molar-refractivity contribution in [3.05, 3.63) is 34.3 Å². The molecule has 0 amide bonds. The summed E-state index contributed by atoms with van der Waals surface area (Å²) in [6, 6.07) is 8.31. The lowest BCUT2D eigenvalue weighted by Gasteiger charge is -2.22. The molecule has 0 aromatic heterocycles. The molecule has 4 heteroatoms. The summed E-state index contributed by atoms with van der Waals surface area (Å²) < 4.78 is 6.56. The molecule has 1 fully saturated rings. The van der Waals surface area contributed by atoms with Crippen LogP contribution in [0.5, 0.6) is 0 Å². The second-order valence-electron chi connectivity index (χ2n) is 4.72. The van der Waals surface area contributed by atoms with Gasteiger partial charge in [0.25, 0.3) is 0 Å². The molecule has 1 saturated heterocycles. The summed E-state index contributed by atoms with van der Waals surface area (Å²) in [5.41, 5.74) is 7.46. The zero-order chi connectivity index (χ0) is 12.8. The molecule has 1 aliphatic heterocycles. The van der Waals surface area contributed by atoms with Crippen molar-refractivity contribution in [1.29, 1.82) is 0 Å². The van der Waals surface area contributed by atoms with Gasteiger partial charge in [0.1, 0.15) is 0 Å². The molecule has 18 heavy (non-hydrogen) atoms. The van der Waals surface area contributed by atoms with Crippen LogP contribution in [0, 0.1) is 0 Å². The van der Waals surface area contributed by atoms with Crippen LogP contribution in [0.3, 0.4) is 0 Å². The molecule has 1 atom stereocenters. The Labute approximate surface area is 117 Å². The molecule has 100 valence electrons. The van der Waals surface area contributed by atoms with Gasteiger partial charge in [0.05, 0.1) is 6.61 Å². The fourth-order valence-corrected chi connectivity index (χ4v) is 2.85. The Hall–Kier alpha value is -0.420. The van der Waals surface area contributed by atoms with Crippen LogP contribution < -0.4 is 5.73 Å². The second-order valence-corrected chi connectivity index (χ2v) is 5.58. The Kier molecular flexibility index (Phi) is 5.63. The van der Waals surface area contributed by atoms with Crippen molar-refractivity contribution >= 4 is 15.9 Å². The van der Waals surface area contributed by atoms with Crippen molar-refractivity contribution in [2.45, 2.75) is 18.9 Å². The van der Waals surface area contributed by atoms with Crippen molar-refractivity contribution in [1.82, 2.24) is 4.90 Å². The Balaban J connectivity index is 1.84. The first-order valence-electron chi connectivity index (χ1n) is 6.57. The maximum atomic E-state index is 6.26. The summed E-state index contributed by atoms with van der Waals surface area (Å²) in [4.78, 5) is 2.45. The number of nitrogens with zero attached hydrogens (tertiary/aromatic N) is 1. The Morgan fingerprint density at radius 3 is 2.94 bits per heavy atom. The first-order valence-corrected chi connectivity index (χ1v) is 7.37. The van der Waals surface area contributed by atoms with Gasteiger partial charge in [-0.05, 0) is 24.5 Å². The minimum Gasteiger partial charge on any atom is -0.380 e. The smallest absolute Gasteiger partial charge is 0.0593 e. The lowest BCUT2D eigenvalue weighted by Crippen LogP contribution is -2.29. The maximum absolute atomic E-state index is 6.26. The number of benzene rings is 1. The van der Waals surface area contributed by atoms with Crippen molar-refractivity contribution in [2.24, 2.45) is 5.73 Å². The number of nitrogens with two attached hydrogens (primary N) is 1. The van der Waals surface area contributed by atoms with Gasteiger partial charge in [-0.2, -0.15) is 0 Å². The first-order chi connectivity index (χ1) is 8.77. The van der Waals surface area contributed by atoms with E-state index in [1.165, 1.54) is 5.56 Å². The number of ether oxygens (including phenoxy) is 1. The molecule has 1 unspecified atom stereocenters. The highest BCUT2D eigenvalue weighted by Crippen LogP contribution is 2.23. The van der Waals surface area contributed by atoms with Gasteiger partial charge in [-0.15, -0.1) is 0 Å². The summed E-state index contributed by atoms with van der Waals surface area (Å²) in [6.45, 7) is 4.95. The third-order valence-corrected chi connectivity index (χ3v) is 4.10. The van der Waals surface area contributed by atoms with Crippen LogP contribution in [0.2, 0.25) is 0 Å². The van der Waals surface area contributed by atoms with Crippen molar-refractivity contribution in [3.8, 4) is 0 Å². The summed E-state index contributed by atoms with van der Waals surface area (Å²) in [7, 11) is 0. The summed E-state index contributed by atoms with van der Waals surface area (Å²) in [5.74, 6) is 0. The molecular weight excluding hydrogens is 292 g/mol. The van der Waals surface area contributed by atoms with Crippen LogP contribution in [-0.2, 0) is 4.74 Å². The third kappa shape index (κ3) is 4.05. The zero-order valence-corrected chi connectivity index (χ0v) is 12.2. The quantitative estimate of drug-likeness (QED) is 0.928. The van der Waals surface area contributed by atoms with Crippen LogP contribution in [0.25, 0.3) is 0 Å². The van der Waals surface area contributed by atoms with Crippen LogP contribution in [0.4, 0.5) is 0 Å². The maximum Gasteiger partial charge on any atom is 0.0593 e. The molecule has 0 spiro atoms.